The minimum absolute atomic E-state index is 0.490. The first-order valence-corrected chi connectivity index (χ1v) is 8.49. The summed E-state index contributed by atoms with van der Waals surface area (Å²) < 4.78 is 11.3. The van der Waals surface area contributed by atoms with Crippen LogP contribution in [0, 0.1) is 6.92 Å². The first kappa shape index (κ1) is 15.9. The molecule has 23 heavy (non-hydrogen) atoms. The van der Waals surface area contributed by atoms with Gasteiger partial charge in [0, 0.05) is 16.3 Å². The van der Waals surface area contributed by atoms with Gasteiger partial charge in [0.15, 0.2) is 0 Å². The number of aryl methyl sites for hydroxylation is 1. The van der Waals surface area contributed by atoms with E-state index in [0.717, 1.165) is 17.1 Å². The van der Waals surface area contributed by atoms with Crippen molar-refractivity contribution in [1.82, 2.24) is 10.2 Å². The van der Waals surface area contributed by atoms with Crippen molar-refractivity contribution in [3.63, 3.8) is 0 Å². The van der Waals surface area contributed by atoms with Gasteiger partial charge in [0.05, 0.1) is 6.61 Å². The van der Waals surface area contributed by atoms with Crippen LogP contribution in [0.3, 0.4) is 0 Å². The maximum absolute atomic E-state index is 5.86. The molecule has 4 nitrogen and oxygen atoms in total. The smallest absolute Gasteiger partial charge is 0.276 e. The second-order valence-electron chi connectivity index (χ2n) is 4.89. The van der Waals surface area contributed by atoms with Crippen LogP contribution in [0.1, 0.15) is 5.56 Å². The quantitative estimate of drug-likeness (QED) is 0.470. The third-order valence-electron chi connectivity index (χ3n) is 3.06. The minimum Gasteiger partial charge on any atom is -0.493 e. The lowest BCUT2D eigenvalue weighted by atomic mass is 10.2. The number of benzene rings is 2. The number of hydrogen-bond acceptors (Lipinski definition) is 5. The molecule has 3 aromatic rings. The highest BCUT2D eigenvalue weighted by Crippen LogP contribution is 2.24. The molecule has 1 aromatic heterocycles. The first-order valence-electron chi connectivity index (χ1n) is 7.12. The highest BCUT2D eigenvalue weighted by atomic mass is 35.5. The summed E-state index contributed by atoms with van der Waals surface area (Å²) in [7, 11) is 0. The molecule has 0 fully saturated rings. The Bertz CT molecular complexity index is 774. The fraction of sp³-hybridized carbons (Fsp3) is 0.176. The summed E-state index contributed by atoms with van der Waals surface area (Å²) in [6.45, 7) is 2.62. The highest BCUT2D eigenvalue weighted by Gasteiger charge is 2.09. The van der Waals surface area contributed by atoms with Crippen molar-refractivity contribution in [2.75, 3.05) is 12.4 Å². The van der Waals surface area contributed by atoms with Crippen molar-refractivity contribution in [3.05, 3.63) is 59.1 Å². The van der Waals surface area contributed by atoms with Gasteiger partial charge < -0.3 is 9.15 Å². The molecule has 0 bridgehead atoms. The molecule has 0 amide bonds. The Hall–Kier alpha value is -1.98. The number of aromatic nitrogens is 2. The predicted molar refractivity (Wildman–Crippen MR) is 92.1 cm³/mol. The minimum atomic E-state index is 0.490. The number of ether oxygens (including phenoxy) is 1. The van der Waals surface area contributed by atoms with Gasteiger partial charge in [-0.1, -0.05) is 35.5 Å². The number of nitrogens with zero attached hydrogens (tertiary/aromatic N) is 2. The Labute approximate surface area is 143 Å². The van der Waals surface area contributed by atoms with Crippen LogP contribution in [-0.2, 0) is 0 Å². The van der Waals surface area contributed by atoms with Crippen LogP contribution in [0.4, 0.5) is 0 Å². The van der Waals surface area contributed by atoms with E-state index in [1.54, 1.807) is 12.1 Å². The Balaban J connectivity index is 1.50. The van der Waals surface area contributed by atoms with Crippen LogP contribution >= 0.6 is 23.4 Å². The lowest BCUT2D eigenvalue weighted by Crippen LogP contribution is -2.00. The average Bonchev–Trinajstić information content (AvgIpc) is 3.01. The molecule has 0 aliphatic rings. The summed E-state index contributed by atoms with van der Waals surface area (Å²) in [4.78, 5) is 0. The highest BCUT2D eigenvalue weighted by molar-refractivity contribution is 7.99. The third-order valence-corrected chi connectivity index (χ3v) is 4.10. The van der Waals surface area contributed by atoms with E-state index < -0.39 is 0 Å². The standard InChI is InChI=1S/C17H15ClN2O2S/c1-12-3-2-4-15(11-12)21-9-10-23-17-20-19-16(22-17)13-5-7-14(18)8-6-13/h2-8,11H,9-10H2,1H3. The second kappa shape index (κ2) is 7.53. The van der Waals surface area contributed by atoms with Crippen LogP contribution in [-0.4, -0.2) is 22.6 Å². The molecule has 0 N–H and O–H groups in total. The maximum atomic E-state index is 5.86. The Morgan fingerprint density at radius 1 is 1.13 bits per heavy atom. The molecule has 118 valence electrons. The molecule has 0 aliphatic heterocycles. The normalized spacial score (nSPS) is 10.7. The number of halogens is 1. The SMILES string of the molecule is Cc1cccc(OCCSc2nnc(-c3ccc(Cl)cc3)o2)c1. The number of hydrogen-bond donors (Lipinski definition) is 0. The summed E-state index contributed by atoms with van der Waals surface area (Å²) in [5, 5.41) is 9.28. The van der Waals surface area contributed by atoms with Crippen molar-refractivity contribution in [1.29, 1.82) is 0 Å². The van der Waals surface area contributed by atoms with Gasteiger partial charge in [0.2, 0.25) is 5.89 Å². The monoisotopic (exact) mass is 346 g/mol. The van der Waals surface area contributed by atoms with Crippen molar-refractivity contribution in [2.45, 2.75) is 12.1 Å². The van der Waals surface area contributed by atoms with Crippen LogP contribution in [0.2, 0.25) is 5.02 Å². The zero-order valence-electron chi connectivity index (χ0n) is 12.5. The van der Waals surface area contributed by atoms with Crippen molar-refractivity contribution >= 4 is 23.4 Å². The zero-order chi connectivity index (χ0) is 16.1. The van der Waals surface area contributed by atoms with Crippen LogP contribution in [0.15, 0.2) is 58.2 Å². The summed E-state index contributed by atoms with van der Waals surface area (Å²) in [5.74, 6) is 2.10. The van der Waals surface area contributed by atoms with Gasteiger partial charge in [-0.2, -0.15) is 0 Å². The van der Waals surface area contributed by atoms with Gasteiger partial charge in [0.25, 0.3) is 5.22 Å². The summed E-state index contributed by atoms with van der Waals surface area (Å²) >= 11 is 7.34. The topological polar surface area (TPSA) is 48.2 Å². The number of thioether (sulfide) groups is 1. The van der Waals surface area contributed by atoms with Gasteiger partial charge >= 0.3 is 0 Å². The van der Waals surface area contributed by atoms with Crippen LogP contribution in [0.5, 0.6) is 5.75 Å². The fourth-order valence-electron chi connectivity index (χ4n) is 1.97. The number of rotatable bonds is 6. The Kier molecular flexibility index (Phi) is 5.20. The lowest BCUT2D eigenvalue weighted by Gasteiger charge is -2.05. The maximum Gasteiger partial charge on any atom is 0.276 e. The fourth-order valence-corrected chi connectivity index (χ4v) is 2.67. The third kappa shape index (κ3) is 4.50. The van der Waals surface area contributed by atoms with E-state index >= 15 is 0 Å². The second-order valence-corrected chi connectivity index (χ2v) is 6.38. The molecular weight excluding hydrogens is 332 g/mol. The van der Waals surface area contributed by atoms with E-state index in [2.05, 4.69) is 10.2 Å². The van der Waals surface area contributed by atoms with E-state index in [4.69, 9.17) is 20.8 Å². The largest absolute Gasteiger partial charge is 0.493 e. The van der Waals surface area contributed by atoms with Gasteiger partial charge in [-0.3, -0.25) is 0 Å². The van der Waals surface area contributed by atoms with Gasteiger partial charge in [0.1, 0.15) is 5.75 Å². The molecule has 0 saturated heterocycles. The Morgan fingerprint density at radius 2 is 1.96 bits per heavy atom. The van der Waals surface area contributed by atoms with Crippen LogP contribution in [0.25, 0.3) is 11.5 Å². The molecule has 0 aliphatic carbocycles. The molecule has 0 unspecified atom stereocenters. The summed E-state index contributed by atoms with van der Waals surface area (Å²) in [5.41, 5.74) is 2.03. The van der Waals surface area contributed by atoms with E-state index in [0.29, 0.717) is 22.7 Å². The van der Waals surface area contributed by atoms with E-state index in [-0.39, 0.29) is 0 Å². The van der Waals surface area contributed by atoms with Crippen molar-refractivity contribution in [2.24, 2.45) is 0 Å². The molecule has 3 rings (SSSR count). The van der Waals surface area contributed by atoms with Crippen molar-refractivity contribution in [3.8, 4) is 17.2 Å². The van der Waals surface area contributed by atoms with Crippen molar-refractivity contribution < 1.29 is 9.15 Å². The molecule has 6 heteroatoms. The Morgan fingerprint density at radius 3 is 2.74 bits per heavy atom. The van der Waals surface area contributed by atoms with E-state index in [1.807, 2.05) is 43.3 Å². The average molecular weight is 347 g/mol. The van der Waals surface area contributed by atoms with E-state index in [1.165, 1.54) is 17.3 Å². The molecule has 1 heterocycles. The van der Waals surface area contributed by atoms with Gasteiger partial charge in [-0.15, -0.1) is 10.2 Å². The van der Waals surface area contributed by atoms with E-state index in [9.17, 15) is 0 Å². The molecule has 0 spiro atoms. The molecule has 2 aromatic carbocycles. The summed E-state index contributed by atoms with van der Waals surface area (Å²) in [6.07, 6.45) is 0. The predicted octanol–water partition coefficient (Wildman–Crippen LogP) is 4.87. The van der Waals surface area contributed by atoms with Gasteiger partial charge in [-0.05, 0) is 48.9 Å². The zero-order valence-corrected chi connectivity index (χ0v) is 14.1. The lowest BCUT2D eigenvalue weighted by molar-refractivity contribution is 0.343. The first-order chi connectivity index (χ1) is 11.2. The summed E-state index contributed by atoms with van der Waals surface area (Å²) in [6, 6.07) is 15.3. The van der Waals surface area contributed by atoms with Gasteiger partial charge in [-0.25, -0.2) is 0 Å². The van der Waals surface area contributed by atoms with Crippen LogP contribution < -0.4 is 4.74 Å². The molecule has 0 radical (unpaired) electrons. The molecule has 0 atom stereocenters. The molecule has 0 saturated carbocycles. The molecular formula is C17H15ClN2O2S.